The summed E-state index contributed by atoms with van der Waals surface area (Å²) in [5.74, 6) is 0.488. The molecule has 166 valence electrons. The van der Waals surface area contributed by atoms with Crippen LogP contribution < -0.4 is 15.8 Å². The molecule has 4 aromatic rings. The topological polar surface area (TPSA) is 113 Å². The number of nitrogens with one attached hydrogen (secondary N) is 2. The molecule has 5 rings (SSSR count). The van der Waals surface area contributed by atoms with Crippen LogP contribution in [0.4, 0.5) is 11.6 Å². The predicted molar refractivity (Wildman–Crippen MR) is 131 cm³/mol. The minimum Gasteiger partial charge on any atom is -0.335 e. The van der Waals surface area contributed by atoms with Gasteiger partial charge in [-0.25, -0.2) is 9.97 Å². The second-order valence-corrected chi connectivity index (χ2v) is 11.5. The summed E-state index contributed by atoms with van der Waals surface area (Å²) in [6.45, 7) is 3.08. The van der Waals surface area contributed by atoms with Crippen LogP contribution in [0.15, 0.2) is 53.6 Å². The summed E-state index contributed by atoms with van der Waals surface area (Å²) < 4.78 is 13.2. The number of thiophene rings is 1. The molecule has 0 atom stereocenters. The van der Waals surface area contributed by atoms with Crippen molar-refractivity contribution >= 4 is 60.0 Å². The van der Waals surface area contributed by atoms with E-state index in [1.807, 2.05) is 29.2 Å². The van der Waals surface area contributed by atoms with Gasteiger partial charge < -0.3 is 15.5 Å². The lowest BCUT2D eigenvalue weighted by Gasteiger charge is -2.26. The molecule has 1 amide bonds. The number of fused-ring (bicyclic) bond motifs is 3. The Kier molecular flexibility index (Phi) is 5.38. The van der Waals surface area contributed by atoms with Crippen molar-refractivity contribution < 1.29 is 9.00 Å². The van der Waals surface area contributed by atoms with Gasteiger partial charge in [0.15, 0.2) is 0 Å². The highest BCUT2D eigenvalue weighted by molar-refractivity contribution is 8.00. The van der Waals surface area contributed by atoms with E-state index >= 15 is 0 Å². The number of anilines is 2. The second-order valence-electron chi connectivity index (χ2n) is 7.93. The Bertz CT molecular complexity index is 1370. The minimum absolute atomic E-state index is 0.0656. The molecule has 0 unspecified atom stereocenters. The summed E-state index contributed by atoms with van der Waals surface area (Å²) in [4.78, 5) is 25.3. The van der Waals surface area contributed by atoms with Gasteiger partial charge >= 0.3 is 0 Å². The highest BCUT2D eigenvalue weighted by Gasteiger charge is 2.21. The number of nitrogens with zero attached hydrogens (tertiary/aromatic N) is 3. The fraction of sp³-hybridized carbons (Fsp3) is 0.227. The molecule has 4 N–H and O–H groups in total. The molecule has 0 bridgehead atoms. The van der Waals surface area contributed by atoms with E-state index in [1.165, 1.54) is 17.6 Å². The van der Waals surface area contributed by atoms with E-state index in [0.29, 0.717) is 16.5 Å². The van der Waals surface area contributed by atoms with E-state index in [2.05, 4.69) is 15.6 Å². The maximum absolute atomic E-state index is 13.0. The van der Waals surface area contributed by atoms with Crippen molar-refractivity contribution in [3.63, 3.8) is 0 Å². The largest absolute Gasteiger partial charge is 0.335 e. The molecule has 0 saturated carbocycles. The van der Waals surface area contributed by atoms with E-state index in [4.69, 9.17) is 10.1 Å². The molecule has 10 heteroatoms. The molecule has 3 heterocycles. The van der Waals surface area contributed by atoms with Crippen molar-refractivity contribution in [1.82, 2.24) is 20.2 Å². The van der Waals surface area contributed by atoms with Crippen molar-refractivity contribution in [3.05, 3.63) is 53.5 Å². The normalized spacial score (nSPS) is 15.2. The molecule has 1 fully saturated rings. The first kappa shape index (κ1) is 21.0. The van der Waals surface area contributed by atoms with E-state index in [0.717, 1.165) is 52.0 Å². The molecule has 2 aromatic carbocycles. The van der Waals surface area contributed by atoms with Crippen molar-refractivity contribution in [2.24, 2.45) is 5.14 Å². The van der Waals surface area contributed by atoms with Crippen LogP contribution in [0.5, 0.6) is 0 Å². The number of piperazine rings is 1. The highest BCUT2D eigenvalue weighted by atomic mass is 32.3. The first-order valence-corrected chi connectivity index (χ1v) is 13.4. The lowest BCUT2D eigenvalue weighted by atomic mass is 10.1. The maximum atomic E-state index is 13.0. The summed E-state index contributed by atoms with van der Waals surface area (Å²) in [5.41, 5.74) is 1.49. The van der Waals surface area contributed by atoms with Gasteiger partial charge in [0.05, 0.1) is 10.4 Å². The fourth-order valence-corrected chi connectivity index (χ4v) is 5.60. The van der Waals surface area contributed by atoms with Gasteiger partial charge in [-0.15, -0.1) is 11.3 Å². The number of rotatable bonds is 4. The molecule has 0 spiro atoms. The van der Waals surface area contributed by atoms with Gasteiger partial charge in [0, 0.05) is 64.7 Å². The molecule has 0 radical (unpaired) electrons. The van der Waals surface area contributed by atoms with Crippen LogP contribution in [0.1, 0.15) is 9.67 Å². The fourth-order valence-electron chi connectivity index (χ4n) is 3.79. The maximum Gasteiger partial charge on any atom is 0.264 e. The Morgan fingerprint density at radius 2 is 2.03 bits per heavy atom. The van der Waals surface area contributed by atoms with Gasteiger partial charge in [0.1, 0.15) is 0 Å². The van der Waals surface area contributed by atoms with E-state index in [1.54, 1.807) is 24.4 Å². The molecular formula is C22H24N6O2S2. The molecule has 1 aliphatic rings. The number of thiol groups is 1. The van der Waals surface area contributed by atoms with Crippen molar-refractivity contribution in [2.75, 3.05) is 37.8 Å². The zero-order chi connectivity index (χ0) is 22.3. The van der Waals surface area contributed by atoms with Gasteiger partial charge in [0.2, 0.25) is 5.95 Å². The third-order valence-corrected chi connectivity index (χ3v) is 7.87. The monoisotopic (exact) mass is 468 g/mol. The number of benzene rings is 2. The number of nitrogens with two attached hydrogens (primary N) is 1. The van der Waals surface area contributed by atoms with Crippen LogP contribution in [0.25, 0.3) is 21.0 Å². The third-order valence-electron chi connectivity index (χ3n) is 5.48. The van der Waals surface area contributed by atoms with Crippen LogP contribution in [0.3, 0.4) is 0 Å². The van der Waals surface area contributed by atoms with Crippen LogP contribution in [0, 0.1) is 0 Å². The molecule has 2 aromatic heterocycles. The van der Waals surface area contributed by atoms with E-state index < -0.39 is 10.1 Å². The van der Waals surface area contributed by atoms with E-state index in [-0.39, 0.29) is 5.91 Å². The minimum atomic E-state index is -2.86. The zero-order valence-corrected chi connectivity index (χ0v) is 19.2. The Morgan fingerprint density at radius 3 is 2.81 bits per heavy atom. The average Bonchev–Trinajstić information content (AvgIpc) is 3.24. The first-order valence-electron chi connectivity index (χ1n) is 10.3. The summed E-state index contributed by atoms with van der Waals surface area (Å²) >= 11 is 1.49. The van der Waals surface area contributed by atoms with Crippen LogP contribution >= 0.6 is 11.3 Å². The number of carbonyl (C=O) groups excluding carboxylic acids is 1. The van der Waals surface area contributed by atoms with Gasteiger partial charge in [-0.3, -0.25) is 14.1 Å². The smallest absolute Gasteiger partial charge is 0.264 e. The van der Waals surface area contributed by atoms with Gasteiger partial charge in [-0.2, -0.15) is 0 Å². The summed E-state index contributed by atoms with van der Waals surface area (Å²) in [6, 6.07) is 13.1. The van der Waals surface area contributed by atoms with Crippen LogP contribution in [-0.2, 0) is 10.1 Å². The number of amides is 1. The number of hydrogen-bond acceptors (Lipinski definition) is 7. The molecule has 1 saturated heterocycles. The van der Waals surface area contributed by atoms with Crippen molar-refractivity contribution in [2.45, 2.75) is 4.90 Å². The predicted octanol–water partition coefficient (Wildman–Crippen LogP) is 2.51. The zero-order valence-electron chi connectivity index (χ0n) is 17.5. The lowest BCUT2D eigenvalue weighted by Crippen LogP contribution is -2.46. The van der Waals surface area contributed by atoms with Crippen molar-refractivity contribution in [1.29, 1.82) is 0 Å². The number of hydrogen-bond donors (Lipinski definition) is 4. The lowest BCUT2D eigenvalue weighted by molar-refractivity contribution is 0.0741. The Balaban J connectivity index is 1.50. The number of aromatic nitrogens is 2. The number of carbonyl (C=O) groups is 1. The highest BCUT2D eigenvalue weighted by Crippen LogP contribution is 2.32. The quantitative estimate of drug-likeness (QED) is 0.342. The Hall–Kier alpha value is -2.92. The van der Waals surface area contributed by atoms with Gasteiger partial charge in [-0.05, 0) is 46.5 Å². The molecule has 1 aliphatic heterocycles. The Morgan fingerprint density at radius 1 is 1.22 bits per heavy atom. The second kappa shape index (κ2) is 8.21. The van der Waals surface area contributed by atoms with Gasteiger partial charge in [-0.1, -0.05) is 6.07 Å². The van der Waals surface area contributed by atoms with Crippen LogP contribution in [0.2, 0.25) is 0 Å². The molecular weight excluding hydrogens is 444 g/mol. The molecule has 0 aliphatic carbocycles. The Labute approximate surface area is 190 Å². The summed E-state index contributed by atoms with van der Waals surface area (Å²) in [5, 5.41) is 14.1. The molecule has 8 nitrogen and oxygen atoms in total. The summed E-state index contributed by atoms with van der Waals surface area (Å²) in [6.07, 6.45) is 3.29. The summed E-state index contributed by atoms with van der Waals surface area (Å²) in [7, 11) is -2.86. The van der Waals surface area contributed by atoms with Crippen molar-refractivity contribution in [3.8, 4) is 0 Å². The molecule has 32 heavy (non-hydrogen) atoms. The third kappa shape index (κ3) is 4.09. The van der Waals surface area contributed by atoms with Crippen LogP contribution in [-0.4, -0.2) is 57.4 Å². The average molecular weight is 469 g/mol. The SMILES string of the molecule is C[SH](N)(=O)c1cccc(Nc2ncc3ccc4sc(C(=O)N5CCNCC5)cc4c3n2)c1. The van der Waals surface area contributed by atoms with E-state index in [9.17, 15) is 9.00 Å². The van der Waals surface area contributed by atoms with Gasteiger partial charge in [0.25, 0.3) is 5.91 Å². The first-order chi connectivity index (χ1) is 15.4. The standard InChI is InChI=1S/C22H24N6O2S2/c1-32(23,30)16-4-2-3-15(11-16)26-22-25-13-14-5-6-18-17(20(14)27-22)12-19(31-18)21(29)28-9-7-24-8-10-28/h2-6,11-13,24,32H,7-10H2,1H3,(H2,23,30)(H,25,26,27).